The van der Waals surface area contributed by atoms with Gasteiger partial charge in [-0.15, -0.1) is 11.3 Å². The molecule has 294 valence electrons. The predicted octanol–water partition coefficient (Wildman–Crippen LogP) is 4.87. The molecule has 7 N–H and O–H groups in total. The number of carbonyl (C=O) groups is 4. The van der Waals surface area contributed by atoms with Crippen molar-refractivity contribution in [2.24, 2.45) is 16.9 Å². The summed E-state index contributed by atoms with van der Waals surface area (Å²) in [6, 6.07) is 11.7. The van der Waals surface area contributed by atoms with Crippen LogP contribution >= 0.6 is 11.3 Å². The monoisotopic (exact) mass is 762 g/mol. The van der Waals surface area contributed by atoms with Crippen LogP contribution in [0.1, 0.15) is 101 Å². The summed E-state index contributed by atoms with van der Waals surface area (Å²) in [5.41, 5.74) is 17.6. The number of aliphatic hydroxyl groups excluding tert-OH is 1. The predicted molar refractivity (Wildman–Crippen MR) is 212 cm³/mol. The van der Waals surface area contributed by atoms with Crippen molar-refractivity contribution in [2.45, 2.75) is 123 Å². The van der Waals surface area contributed by atoms with Crippen molar-refractivity contribution in [1.29, 1.82) is 0 Å². The molecule has 0 saturated carbocycles. The van der Waals surface area contributed by atoms with E-state index in [1.54, 1.807) is 11.3 Å². The minimum absolute atomic E-state index is 0.0183. The van der Waals surface area contributed by atoms with Gasteiger partial charge in [-0.3, -0.25) is 19.2 Å². The van der Waals surface area contributed by atoms with E-state index in [4.69, 9.17) is 16.2 Å². The molecule has 1 fully saturated rings. The third-order valence-corrected chi connectivity index (χ3v) is 10.7. The van der Waals surface area contributed by atoms with Crippen LogP contribution in [0, 0.1) is 19.3 Å². The molecule has 1 saturated heterocycles. The molecule has 4 rings (SSSR count). The molecule has 4 amide bonds. The number of nitrogens with two attached hydrogens (primary N) is 2. The lowest BCUT2D eigenvalue weighted by atomic mass is 9.85. The topological polar surface area (TPSA) is 190 Å². The first kappa shape index (κ1) is 42.4. The molecule has 0 bridgehead atoms. The third-order valence-electron chi connectivity index (χ3n) is 9.77. The van der Waals surface area contributed by atoms with Gasteiger partial charge in [-0.1, -0.05) is 57.5 Å². The number of benzene rings is 2. The molecule has 0 radical (unpaired) electrons. The highest BCUT2D eigenvalue weighted by Crippen LogP contribution is 2.30. The van der Waals surface area contributed by atoms with Gasteiger partial charge in [-0.25, -0.2) is 4.98 Å². The van der Waals surface area contributed by atoms with E-state index < -0.39 is 23.6 Å². The average molecular weight is 763 g/mol. The number of amides is 4. The van der Waals surface area contributed by atoms with Crippen molar-refractivity contribution >= 4 is 35.0 Å². The number of hydrogen-bond acceptors (Lipinski definition) is 9. The summed E-state index contributed by atoms with van der Waals surface area (Å²) in [5.74, 6) is -0.605. The number of ether oxygens (including phenoxy) is 1. The lowest BCUT2D eigenvalue weighted by Gasteiger charge is -2.35. The van der Waals surface area contributed by atoms with Gasteiger partial charge in [0.15, 0.2) is 0 Å². The molecule has 2 heterocycles. The van der Waals surface area contributed by atoms with Crippen LogP contribution in [0.3, 0.4) is 0 Å². The second kappa shape index (κ2) is 19.3. The number of rotatable bonds is 18. The summed E-state index contributed by atoms with van der Waals surface area (Å²) < 4.78 is 5.88. The number of aryl methyl sites for hydroxylation is 3. The van der Waals surface area contributed by atoms with Crippen molar-refractivity contribution in [3.63, 3.8) is 0 Å². The highest BCUT2D eigenvalue weighted by atomic mass is 32.1. The Hall–Kier alpha value is -4.33. The Bertz CT molecular complexity index is 1740. The van der Waals surface area contributed by atoms with Crippen LogP contribution in [-0.2, 0) is 25.6 Å². The minimum Gasteiger partial charge on any atom is -0.492 e. The van der Waals surface area contributed by atoms with E-state index in [2.05, 4.69) is 21.7 Å². The Morgan fingerprint density at radius 2 is 1.76 bits per heavy atom. The fraction of sp³-hybridized carbons (Fsp3) is 0.537. The maximum absolute atomic E-state index is 14.0. The first-order valence-electron chi connectivity index (χ1n) is 18.9. The van der Waals surface area contributed by atoms with E-state index >= 15 is 0 Å². The highest BCUT2D eigenvalue weighted by Gasteiger charge is 2.44. The van der Waals surface area contributed by atoms with Crippen molar-refractivity contribution in [1.82, 2.24) is 20.5 Å². The standard InChI is InChI=1S/C41H58N6O6S/c1-25-18-28(20-33(19-25)53-23-31(42)16-17-35(43)49)10-8-7-9-11-36(50)46-38(41(4,5)6)40(52)47-22-32(48)21-34(47)39(51)45-26(2)29-12-14-30(15-13-29)37-27(3)44-24-54-37/h12-15,18-20,24,26,31-32,34,38,48H,7-11,16-17,21-23,42H2,1-6H3,(H2,43,49)(H,45,51)(H,46,50)/t26-,31-,32+,34-,38+/m0/s1. The van der Waals surface area contributed by atoms with Crippen molar-refractivity contribution in [2.75, 3.05) is 13.2 Å². The fourth-order valence-corrected chi connectivity index (χ4v) is 7.52. The summed E-state index contributed by atoms with van der Waals surface area (Å²) >= 11 is 1.58. The number of aliphatic hydroxyl groups is 1. The smallest absolute Gasteiger partial charge is 0.246 e. The molecule has 0 aliphatic carbocycles. The summed E-state index contributed by atoms with van der Waals surface area (Å²) in [4.78, 5) is 58.7. The van der Waals surface area contributed by atoms with Gasteiger partial charge in [0, 0.05) is 31.8 Å². The van der Waals surface area contributed by atoms with Gasteiger partial charge in [0.05, 0.1) is 28.2 Å². The number of β-amino-alcohol motifs (C(OH)–C–C–N with tert-alkyl or cyclic N) is 1. The number of hydrogen-bond donors (Lipinski definition) is 5. The summed E-state index contributed by atoms with van der Waals surface area (Å²) in [6.07, 6.45) is 3.38. The van der Waals surface area contributed by atoms with Gasteiger partial charge < -0.3 is 36.8 Å². The van der Waals surface area contributed by atoms with Crippen molar-refractivity contribution < 1.29 is 29.0 Å². The SMILES string of the molecule is Cc1cc(CCCCCC(=O)N[C@H](C(=O)N2C[C@H](O)C[C@H]2C(=O)N[C@@H](C)c2ccc(-c3scnc3C)cc2)C(C)(C)C)cc(OC[C@@H](N)CCC(N)=O)c1. The largest absolute Gasteiger partial charge is 0.492 e. The first-order chi connectivity index (χ1) is 25.5. The first-order valence-corrected chi connectivity index (χ1v) is 19.8. The van der Waals surface area contributed by atoms with Gasteiger partial charge in [-0.2, -0.15) is 0 Å². The van der Waals surface area contributed by atoms with Gasteiger partial charge in [0.25, 0.3) is 0 Å². The van der Waals surface area contributed by atoms with Crippen LogP contribution in [-0.4, -0.2) is 76.0 Å². The lowest BCUT2D eigenvalue weighted by Crippen LogP contribution is -2.57. The van der Waals surface area contributed by atoms with Crippen LogP contribution in [0.5, 0.6) is 5.75 Å². The molecule has 13 heteroatoms. The second-order valence-electron chi connectivity index (χ2n) is 15.7. The molecule has 5 atom stereocenters. The molecule has 1 aliphatic heterocycles. The van der Waals surface area contributed by atoms with Crippen LogP contribution < -0.4 is 26.8 Å². The number of unbranched alkanes of at least 4 members (excludes halogenated alkanes) is 2. The summed E-state index contributed by atoms with van der Waals surface area (Å²) in [7, 11) is 0. The van der Waals surface area contributed by atoms with Crippen molar-refractivity contribution in [3.8, 4) is 16.2 Å². The Balaban J connectivity index is 1.27. The number of carbonyl (C=O) groups excluding carboxylic acids is 4. The summed E-state index contributed by atoms with van der Waals surface area (Å²) in [6.45, 7) is 11.8. The maximum Gasteiger partial charge on any atom is 0.246 e. The van der Waals surface area contributed by atoms with E-state index in [-0.39, 0.29) is 61.5 Å². The van der Waals surface area contributed by atoms with E-state index in [1.807, 2.05) is 83.5 Å². The van der Waals surface area contributed by atoms with Gasteiger partial charge in [0.2, 0.25) is 23.6 Å². The number of likely N-dealkylation sites (tertiary alicyclic amines) is 1. The molecule has 2 aromatic carbocycles. The molecular formula is C41H58N6O6S. The Morgan fingerprint density at radius 1 is 1.04 bits per heavy atom. The molecule has 0 spiro atoms. The van der Waals surface area contributed by atoms with Crippen LogP contribution in [0.15, 0.2) is 48.0 Å². The van der Waals surface area contributed by atoms with E-state index in [0.717, 1.165) is 57.8 Å². The number of nitrogens with one attached hydrogen (secondary N) is 2. The van der Waals surface area contributed by atoms with Crippen LogP contribution in [0.25, 0.3) is 10.4 Å². The number of aromatic nitrogens is 1. The minimum atomic E-state index is -0.875. The van der Waals surface area contributed by atoms with Crippen LogP contribution in [0.4, 0.5) is 0 Å². The third kappa shape index (κ3) is 12.4. The quantitative estimate of drug-likeness (QED) is 0.113. The molecule has 3 aromatic rings. The zero-order valence-corrected chi connectivity index (χ0v) is 33.3. The van der Waals surface area contributed by atoms with E-state index in [9.17, 15) is 24.3 Å². The molecule has 1 aromatic heterocycles. The number of primary amides is 1. The van der Waals surface area contributed by atoms with E-state index in [1.165, 1.54) is 4.90 Å². The van der Waals surface area contributed by atoms with Gasteiger partial charge >= 0.3 is 0 Å². The molecule has 1 aliphatic rings. The highest BCUT2D eigenvalue weighted by molar-refractivity contribution is 7.13. The normalized spacial score (nSPS) is 17.4. The lowest BCUT2D eigenvalue weighted by molar-refractivity contribution is -0.144. The average Bonchev–Trinajstić information content (AvgIpc) is 3.72. The number of thiazole rings is 1. The molecule has 12 nitrogen and oxygen atoms in total. The summed E-state index contributed by atoms with van der Waals surface area (Å²) in [5, 5.41) is 16.6. The van der Waals surface area contributed by atoms with Crippen LogP contribution in [0.2, 0.25) is 0 Å². The fourth-order valence-electron chi connectivity index (χ4n) is 6.71. The Labute approximate surface area is 323 Å². The van der Waals surface area contributed by atoms with E-state index in [0.29, 0.717) is 19.4 Å². The second-order valence-corrected chi connectivity index (χ2v) is 16.5. The Kier molecular flexibility index (Phi) is 15.2. The molecule has 0 unspecified atom stereocenters. The molecular weight excluding hydrogens is 705 g/mol. The Morgan fingerprint density at radius 3 is 2.41 bits per heavy atom. The number of nitrogens with zero attached hydrogens (tertiary/aromatic N) is 2. The maximum atomic E-state index is 14.0. The zero-order valence-electron chi connectivity index (χ0n) is 32.5. The van der Waals surface area contributed by atoms with Gasteiger partial charge in [0.1, 0.15) is 24.4 Å². The van der Waals surface area contributed by atoms with Crippen molar-refractivity contribution in [3.05, 3.63) is 70.4 Å². The van der Waals surface area contributed by atoms with Gasteiger partial charge in [-0.05, 0) is 86.3 Å². The zero-order chi connectivity index (χ0) is 39.6. The molecule has 54 heavy (non-hydrogen) atoms.